The van der Waals surface area contributed by atoms with Gasteiger partial charge in [0.2, 0.25) is 17.6 Å². The number of ether oxygens (including phenoxy) is 1. The van der Waals surface area contributed by atoms with Crippen molar-refractivity contribution in [2.24, 2.45) is 25.9 Å². The number of amides is 2. The largest absolute Gasteiger partial charge is 0.480 e. The van der Waals surface area contributed by atoms with E-state index in [1.807, 2.05) is 36.0 Å². The van der Waals surface area contributed by atoms with E-state index in [1.54, 1.807) is 13.2 Å². The van der Waals surface area contributed by atoms with Crippen LogP contribution in [-0.2, 0) is 23.7 Å². The van der Waals surface area contributed by atoms with E-state index in [-0.39, 0.29) is 23.5 Å². The molecular weight excluding hydrogens is 804 g/mol. The summed E-state index contributed by atoms with van der Waals surface area (Å²) in [6.07, 6.45) is 8.11. The number of alkyl halides is 2. The van der Waals surface area contributed by atoms with Gasteiger partial charge < -0.3 is 29.7 Å². The summed E-state index contributed by atoms with van der Waals surface area (Å²) in [5.41, 5.74) is 4.93. The van der Waals surface area contributed by atoms with Crippen LogP contribution in [0.1, 0.15) is 74.5 Å². The zero-order valence-electron chi connectivity index (χ0n) is 34.4. The second kappa shape index (κ2) is 15.6. The lowest BCUT2D eigenvalue weighted by Crippen LogP contribution is -2.44. The topological polar surface area (TPSA) is 139 Å². The second-order valence-corrected chi connectivity index (χ2v) is 18.1. The first-order chi connectivity index (χ1) is 29.4. The molecule has 0 bridgehead atoms. The molecule has 61 heavy (non-hydrogen) atoms. The van der Waals surface area contributed by atoms with Gasteiger partial charge >= 0.3 is 5.92 Å². The average molecular weight is 854 g/mol. The SMILES string of the molecule is Cn1nc(C2CCC(=O)NC2=O)c2cccc(C3CCN(CC4CCN(c5cc(Nc6ccc7c(c6)c6c(c(=O)n7C)OCC(F)(F)[C@H](C7CC7)N6)c(Cl)cn5)CC4)CC3)c21. The van der Waals surface area contributed by atoms with Crippen molar-refractivity contribution in [3.05, 3.63) is 75.3 Å². The molecule has 1 aliphatic carbocycles. The second-order valence-electron chi connectivity index (χ2n) is 17.7. The molecule has 2 amide bonds. The van der Waals surface area contributed by atoms with Gasteiger partial charge in [0.25, 0.3) is 5.56 Å². The number of imide groups is 1. The van der Waals surface area contributed by atoms with E-state index in [2.05, 4.69) is 43.9 Å². The summed E-state index contributed by atoms with van der Waals surface area (Å²) >= 11 is 6.70. The minimum absolute atomic E-state index is 0.0887. The first-order valence-corrected chi connectivity index (χ1v) is 21.9. The van der Waals surface area contributed by atoms with Crippen LogP contribution in [0.5, 0.6) is 5.75 Å². The minimum Gasteiger partial charge on any atom is -0.480 e. The van der Waals surface area contributed by atoms with Crippen LogP contribution in [0.2, 0.25) is 5.02 Å². The molecule has 16 heteroatoms. The van der Waals surface area contributed by atoms with E-state index in [1.165, 1.54) is 10.1 Å². The number of para-hydroxylation sites is 1. The fourth-order valence-electron chi connectivity index (χ4n) is 10.2. The van der Waals surface area contributed by atoms with Crippen molar-refractivity contribution in [3.63, 3.8) is 0 Å². The standard InChI is InChI=1S/C45H50ClF2N9O4/c1-54-35-10-8-28(20-32(35)39-41(44(54)60)61-24-45(47,48)42(52-39)27-6-7-27)50-34-21-36(49-22-33(34)46)57-18-12-25(13-19-57)23-56-16-14-26(15-17-56)29-4-3-5-30-38(53-55(2)40(29)30)31-9-11-37(58)51-43(31)59/h3-5,8,10,20-22,25-27,31,42,52H,6-7,9,11-19,23-24H2,1-2H3,(H,49,50)(H,51,58,59)/t31?,42-/m0/s1. The van der Waals surface area contributed by atoms with Crippen molar-refractivity contribution in [2.45, 2.75) is 75.2 Å². The molecule has 1 unspecified atom stereocenters. The van der Waals surface area contributed by atoms with Crippen molar-refractivity contribution < 1.29 is 23.1 Å². The van der Waals surface area contributed by atoms with Gasteiger partial charge in [-0.1, -0.05) is 29.8 Å². The maximum Gasteiger partial charge on any atom is 0.301 e. The number of benzene rings is 2. The van der Waals surface area contributed by atoms with Crippen LogP contribution >= 0.6 is 11.6 Å². The number of hydrogen-bond donors (Lipinski definition) is 3. The highest BCUT2D eigenvalue weighted by Crippen LogP contribution is 2.46. The fraction of sp³-hybridized carbons (Fsp3) is 0.489. The molecule has 2 atom stereocenters. The number of fused-ring (bicyclic) bond motifs is 4. The summed E-state index contributed by atoms with van der Waals surface area (Å²) in [6.45, 7) is 4.02. The molecule has 3 saturated heterocycles. The summed E-state index contributed by atoms with van der Waals surface area (Å²) in [4.78, 5) is 47.4. The number of nitrogens with zero attached hydrogens (tertiary/aromatic N) is 6. The third-order valence-electron chi connectivity index (χ3n) is 13.7. The van der Waals surface area contributed by atoms with E-state index in [9.17, 15) is 14.4 Å². The number of likely N-dealkylation sites (tertiary alicyclic amines) is 1. The minimum atomic E-state index is -3.12. The van der Waals surface area contributed by atoms with Crippen LogP contribution in [0.25, 0.3) is 21.8 Å². The third-order valence-corrected chi connectivity index (χ3v) is 14.0. The Morgan fingerprint density at radius 1 is 0.951 bits per heavy atom. The molecule has 5 aliphatic rings. The lowest BCUT2D eigenvalue weighted by Gasteiger charge is -2.38. The van der Waals surface area contributed by atoms with Gasteiger partial charge in [0.05, 0.1) is 51.3 Å². The molecule has 10 rings (SSSR count). The molecule has 2 aromatic carbocycles. The Kier molecular flexibility index (Phi) is 10.2. The number of carbonyl (C=O) groups is 2. The smallest absolute Gasteiger partial charge is 0.301 e. The van der Waals surface area contributed by atoms with Gasteiger partial charge in [0.15, 0.2) is 6.61 Å². The quantitative estimate of drug-likeness (QED) is 0.139. The van der Waals surface area contributed by atoms with Gasteiger partial charge in [-0.3, -0.25) is 24.4 Å². The Morgan fingerprint density at radius 3 is 2.49 bits per heavy atom. The van der Waals surface area contributed by atoms with Gasteiger partial charge in [-0.2, -0.15) is 5.10 Å². The van der Waals surface area contributed by atoms with Gasteiger partial charge in [-0.05, 0) is 99.6 Å². The van der Waals surface area contributed by atoms with Gasteiger partial charge in [-0.15, -0.1) is 0 Å². The molecule has 1 saturated carbocycles. The molecule has 3 aromatic heterocycles. The summed E-state index contributed by atoms with van der Waals surface area (Å²) < 4.78 is 39.2. The first-order valence-electron chi connectivity index (χ1n) is 21.5. The average Bonchev–Trinajstić information content (AvgIpc) is 4.05. The first kappa shape index (κ1) is 39.8. The molecule has 0 spiro atoms. The van der Waals surface area contributed by atoms with Crippen LogP contribution in [0.15, 0.2) is 53.5 Å². The van der Waals surface area contributed by atoms with Crippen LogP contribution in [0, 0.1) is 11.8 Å². The molecule has 4 fully saturated rings. The molecular formula is C45H50ClF2N9O4. The van der Waals surface area contributed by atoms with E-state index < -0.39 is 30.0 Å². The van der Waals surface area contributed by atoms with Crippen molar-refractivity contribution in [1.29, 1.82) is 0 Å². The number of hydrogen-bond acceptors (Lipinski definition) is 10. The van der Waals surface area contributed by atoms with E-state index in [0.717, 1.165) is 80.8 Å². The van der Waals surface area contributed by atoms with Crippen LogP contribution in [0.4, 0.5) is 31.7 Å². The Bertz CT molecular complexity index is 2610. The maximum absolute atomic E-state index is 15.2. The van der Waals surface area contributed by atoms with Crippen molar-refractivity contribution in [2.75, 3.05) is 54.9 Å². The third kappa shape index (κ3) is 7.47. The number of halogens is 3. The van der Waals surface area contributed by atoms with Crippen molar-refractivity contribution in [1.82, 2.24) is 29.5 Å². The summed E-state index contributed by atoms with van der Waals surface area (Å²) in [5.74, 6) is -2.46. The van der Waals surface area contributed by atoms with Gasteiger partial charge in [0, 0.05) is 62.7 Å². The molecule has 5 aromatic rings. The van der Waals surface area contributed by atoms with E-state index in [4.69, 9.17) is 26.4 Å². The zero-order valence-corrected chi connectivity index (χ0v) is 35.1. The maximum atomic E-state index is 15.2. The number of piperidine rings is 3. The predicted molar refractivity (Wildman–Crippen MR) is 231 cm³/mol. The summed E-state index contributed by atoms with van der Waals surface area (Å²) in [7, 11) is 3.57. The Labute approximate surface area is 356 Å². The Balaban J connectivity index is 0.777. The lowest BCUT2D eigenvalue weighted by atomic mass is 9.86. The Hall–Kier alpha value is -5.28. The van der Waals surface area contributed by atoms with E-state index >= 15 is 8.78 Å². The number of carbonyl (C=O) groups excluding carboxylic acids is 2. The number of nitrogens with one attached hydrogen (secondary N) is 3. The van der Waals surface area contributed by atoms with Gasteiger partial charge in [0.1, 0.15) is 5.82 Å². The molecule has 0 radical (unpaired) electrons. The highest BCUT2D eigenvalue weighted by Gasteiger charge is 2.51. The monoisotopic (exact) mass is 853 g/mol. The van der Waals surface area contributed by atoms with Gasteiger partial charge in [-0.25, -0.2) is 13.8 Å². The number of pyridine rings is 2. The predicted octanol–water partition coefficient (Wildman–Crippen LogP) is 7.05. The summed E-state index contributed by atoms with van der Waals surface area (Å²) in [6, 6.07) is 12.7. The van der Waals surface area contributed by atoms with Crippen LogP contribution in [-0.4, -0.2) is 87.3 Å². The summed E-state index contributed by atoms with van der Waals surface area (Å²) in [5, 5.41) is 15.8. The van der Waals surface area contributed by atoms with Crippen LogP contribution < -0.4 is 31.1 Å². The normalized spacial score (nSPS) is 22.7. The van der Waals surface area contributed by atoms with Crippen LogP contribution in [0.3, 0.4) is 0 Å². The zero-order chi connectivity index (χ0) is 42.2. The highest BCUT2D eigenvalue weighted by atomic mass is 35.5. The number of aromatic nitrogens is 4. The lowest BCUT2D eigenvalue weighted by molar-refractivity contribution is -0.134. The Morgan fingerprint density at radius 2 is 1.74 bits per heavy atom. The van der Waals surface area contributed by atoms with Crippen molar-refractivity contribution >= 4 is 68.1 Å². The fourth-order valence-corrected chi connectivity index (χ4v) is 10.4. The van der Waals surface area contributed by atoms with Crippen molar-refractivity contribution in [3.8, 4) is 5.75 Å². The number of anilines is 4. The molecule has 7 heterocycles. The molecule has 13 nitrogen and oxygen atoms in total. The number of aryl methyl sites for hydroxylation is 2. The molecule has 320 valence electrons. The molecule has 3 N–H and O–H groups in total. The number of rotatable bonds is 8. The molecule has 4 aliphatic heterocycles. The van der Waals surface area contributed by atoms with E-state index in [0.29, 0.717) is 70.5 Å². The highest BCUT2D eigenvalue weighted by molar-refractivity contribution is 6.33.